The molecule has 1 aliphatic heterocycles. The van der Waals surface area contributed by atoms with Crippen LogP contribution in [-0.4, -0.2) is 42.9 Å². The Bertz CT molecular complexity index is 449. The van der Waals surface area contributed by atoms with Gasteiger partial charge in [0.15, 0.2) is 0 Å². The van der Waals surface area contributed by atoms with Gasteiger partial charge < -0.3 is 10.4 Å². The molecule has 7 heteroatoms. The zero-order chi connectivity index (χ0) is 14.8. The first-order valence-electron chi connectivity index (χ1n) is 6.26. The maximum absolute atomic E-state index is 12.0. The van der Waals surface area contributed by atoms with Crippen molar-refractivity contribution in [2.75, 3.05) is 11.5 Å². The summed E-state index contributed by atoms with van der Waals surface area (Å²) in [6.45, 7) is 5.07. The lowest BCUT2D eigenvalue weighted by Gasteiger charge is -2.29. The third kappa shape index (κ3) is 4.49. The molecule has 19 heavy (non-hydrogen) atoms. The molecule has 1 amide bonds. The van der Waals surface area contributed by atoms with Crippen molar-refractivity contribution in [3.8, 4) is 0 Å². The third-order valence-corrected chi connectivity index (χ3v) is 4.99. The number of carboxylic acids is 1. The van der Waals surface area contributed by atoms with Crippen molar-refractivity contribution in [2.24, 2.45) is 11.3 Å². The molecule has 0 saturated carbocycles. The van der Waals surface area contributed by atoms with Gasteiger partial charge in [-0.1, -0.05) is 20.8 Å². The van der Waals surface area contributed by atoms with E-state index in [0.717, 1.165) is 0 Å². The van der Waals surface area contributed by atoms with Crippen LogP contribution in [0.4, 0.5) is 0 Å². The predicted molar refractivity (Wildman–Crippen MR) is 70.4 cm³/mol. The van der Waals surface area contributed by atoms with Gasteiger partial charge in [0, 0.05) is 6.04 Å². The highest BCUT2D eigenvalue weighted by atomic mass is 32.2. The summed E-state index contributed by atoms with van der Waals surface area (Å²) in [7, 11) is -2.98. The topological polar surface area (TPSA) is 101 Å². The van der Waals surface area contributed by atoms with E-state index in [9.17, 15) is 18.0 Å². The number of amides is 1. The minimum Gasteiger partial charge on any atom is -0.481 e. The SMILES string of the molecule is CC(C)(C)C(C(=O)O)C(=O)NC1CCS(=O)(=O)CC1. The largest absolute Gasteiger partial charge is 0.481 e. The summed E-state index contributed by atoms with van der Waals surface area (Å²) in [4.78, 5) is 23.2. The molecule has 1 heterocycles. The molecule has 1 rings (SSSR count). The van der Waals surface area contributed by atoms with Crippen LogP contribution in [0.15, 0.2) is 0 Å². The first-order valence-corrected chi connectivity index (χ1v) is 8.09. The number of hydrogen-bond acceptors (Lipinski definition) is 4. The molecule has 2 N–H and O–H groups in total. The van der Waals surface area contributed by atoms with Gasteiger partial charge in [0.1, 0.15) is 15.8 Å². The van der Waals surface area contributed by atoms with Gasteiger partial charge in [0.25, 0.3) is 0 Å². The molecule has 1 atom stereocenters. The Morgan fingerprint density at radius 1 is 1.21 bits per heavy atom. The van der Waals surface area contributed by atoms with Gasteiger partial charge >= 0.3 is 5.97 Å². The van der Waals surface area contributed by atoms with Crippen molar-refractivity contribution in [3.05, 3.63) is 0 Å². The maximum atomic E-state index is 12.0. The zero-order valence-corrected chi connectivity index (χ0v) is 12.3. The molecule has 0 bridgehead atoms. The van der Waals surface area contributed by atoms with Crippen LogP contribution in [0, 0.1) is 11.3 Å². The first kappa shape index (κ1) is 15.9. The van der Waals surface area contributed by atoms with Crippen LogP contribution < -0.4 is 5.32 Å². The lowest BCUT2D eigenvalue weighted by molar-refractivity contribution is -0.151. The van der Waals surface area contributed by atoms with E-state index >= 15 is 0 Å². The van der Waals surface area contributed by atoms with Gasteiger partial charge in [-0.25, -0.2) is 8.42 Å². The van der Waals surface area contributed by atoms with E-state index in [1.165, 1.54) is 0 Å². The summed E-state index contributed by atoms with van der Waals surface area (Å²) in [6.07, 6.45) is 0.703. The van der Waals surface area contributed by atoms with E-state index in [-0.39, 0.29) is 17.5 Å². The summed E-state index contributed by atoms with van der Waals surface area (Å²) < 4.78 is 22.6. The van der Waals surface area contributed by atoms with E-state index in [2.05, 4.69) is 5.32 Å². The Morgan fingerprint density at radius 3 is 2.05 bits per heavy atom. The summed E-state index contributed by atoms with van der Waals surface area (Å²) in [5.41, 5.74) is -0.684. The number of nitrogens with one attached hydrogen (secondary N) is 1. The molecular weight excluding hydrogens is 270 g/mol. The van der Waals surface area contributed by atoms with Gasteiger partial charge in [-0.05, 0) is 18.3 Å². The van der Waals surface area contributed by atoms with E-state index in [1.807, 2.05) is 0 Å². The van der Waals surface area contributed by atoms with Crippen molar-refractivity contribution in [3.63, 3.8) is 0 Å². The molecule has 1 saturated heterocycles. The van der Waals surface area contributed by atoms with E-state index in [0.29, 0.717) is 12.8 Å². The molecule has 1 aliphatic rings. The summed E-state index contributed by atoms with van der Waals surface area (Å²) in [5, 5.41) is 11.8. The Kier molecular flexibility index (Phi) is 4.60. The normalized spacial score (nSPS) is 21.6. The van der Waals surface area contributed by atoms with Crippen LogP contribution in [0.5, 0.6) is 0 Å². The second-order valence-electron chi connectivity index (χ2n) is 6.07. The number of carbonyl (C=O) groups excluding carboxylic acids is 1. The zero-order valence-electron chi connectivity index (χ0n) is 11.5. The van der Waals surface area contributed by atoms with E-state index < -0.39 is 33.0 Å². The lowest BCUT2D eigenvalue weighted by Crippen LogP contribution is -2.48. The van der Waals surface area contributed by atoms with Crippen molar-refractivity contribution in [1.82, 2.24) is 5.32 Å². The predicted octanol–water partition coefficient (Wildman–Crippen LogP) is 0.427. The number of hydrogen-bond donors (Lipinski definition) is 2. The number of carbonyl (C=O) groups is 2. The van der Waals surface area contributed by atoms with Crippen molar-refractivity contribution in [1.29, 1.82) is 0 Å². The Hall–Kier alpha value is -1.11. The van der Waals surface area contributed by atoms with Gasteiger partial charge in [-0.3, -0.25) is 9.59 Å². The molecular formula is C12H21NO5S. The fraction of sp³-hybridized carbons (Fsp3) is 0.833. The molecule has 0 aromatic heterocycles. The van der Waals surface area contributed by atoms with E-state index in [1.54, 1.807) is 20.8 Å². The molecule has 0 aromatic carbocycles. The van der Waals surface area contributed by atoms with Gasteiger partial charge in [-0.15, -0.1) is 0 Å². The van der Waals surface area contributed by atoms with Crippen LogP contribution in [0.1, 0.15) is 33.6 Å². The summed E-state index contributed by atoms with van der Waals surface area (Å²) >= 11 is 0. The fourth-order valence-electron chi connectivity index (χ4n) is 2.19. The quantitative estimate of drug-likeness (QED) is 0.734. The second kappa shape index (κ2) is 5.48. The Morgan fingerprint density at radius 2 is 1.68 bits per heavy atom. The highest BCUT2D eigenvalue weighted by Crippen LogP contribution is 2.27. The fourth-order valence-corrected chi connectivity index (χ4v) is 3.69. The highest BCUT2D eigenvalue weighted by molar-refractivity contribution is 7.91. The van der Waals surface area contributed by atoms with Gasteiger partial charge in [-0.2, -0.15) is 0 Å². The average Bonchev–Trinajstić information content (AvgIpc) is 2.18. The van der Waals surface area contributed by atoms with Crippen LogP contribution in [0.2, 0.25) is 0 Å². The third-order valence-electron chi connectivity index (χ3n) is 3.28. The lowest BCUT2D eigenvalue weighted by atomic mass is 9.80. The number of rotatable bonds is 3. The smallest absolute Gasteiger partial charge is 0.316 e. The number of sulfone groups is 1. The summed E-state index contributed by atoms with van der Waals surface area (Å²) in [6, 6.07) is -0.250. The van der Waals surface area contributed by atoms with Crippen LogP contribution >= 0.6 is 0 Å². The van der Waals surface area contributed by atoms with Gasteiger partial charge in [0.2, 0.25) is 5.91 Å². The molecule has 0 spiro atoms. The number of aliphatic carboxylic acids is 1. The minimum atomic E-state index is -2.98. The highest BCUT2D eigenvalue weighted by Gasteiger charge is 2.39. The van der Waals surface area contributed by atoms with E-state index in [4.69, 9.17) is 5.11 Å². The summed E-state index contributed by atoms with van der Waals surface area (Å²) in [5.74, 6) is -2.74. The maximum Gasteiger partial charge on any atom is 0.316 e. The van der Waals surface area contributed by atoms with Crippen LogP contribution in [0.25, 0.3) is 0 Å². The van der Waals surface area contributed by atoms with Gasteiger partial charge in [0.05, 0.1) is 11.5 Å². The van der Waals surface area contributed by atoms with Crippen LogP contribution in [0.3, 0.4) is 0 Å². The monoisotopic (exact) mass is 291 g/mol. The van der Waals surface area contributed by atoms with Crippen molar-refractivity contribution in [2.45, 2.75) is 39.7 Å². The first-order chi connectivity index (χ1) is 8.53. The van der Waals surface area contributed by atoms with Crippen LogP contribution in [-0.2, 0) is 19.4 Å². The molecule has 0 aromatic rings. The Labute approximate surface area is 113 Å². The Balaban J connectivity index is 2.67. The molecule has 1 unspecified atom stereocenters. The molecule has 6 nitrogen and oxygen atoms in total. The number of carboxylic acid groups (broad SMARTS) is 1. The van der Waals surface area contributed by atoms with Crippen molar-refractivity contribution >= 4 is 21.7 Å². The molecule has 0 radical (unpaired) electrons. The minimum absolute atomic E-state index is 0.0468. The second-order valence-corrected chi connectivity index (χ2v) is 8.38. The van der Waals surface area contributed by atoms with Crippen molar-refractivity contribution < 1.29 is 23.1 Å². The standard InChI is InChI=1S/C12H21NO5S/c1-12(2,3)9(11(15)16)10(14)13-8-4-6-19(17,18)7-5-8/h8-9H,4-7H2,1-3H3,(H,13,14)(H,15,16). The average molecular weight is 291 g/mol. The molecule has 1 fully saturated rings. The molecule has 110 valence electrons. The molecule has 0 aliphatic carbocycles.